The average molecular weight is 376 g/mol. The van der Waals surface area contributed by atoms with Gasteiger partial charge >= 0.3 is 0 Å². The largest absolute Gasteiger partial charge is 0.459 e. The molecule has 1 aromatic carbocycles. The van der Waals surface area contributed by atoms with Crippen LogP contribution in [0.25, 0.3) is 0 Å². The molecule has 6 nitrogen and oxygen atoms in total. The van der Waals surface area contributed by atoms with Crippen LogP contribution in [0.2, 0.25) is 5.02 Å². The van der Waals surface area contributed by atoms with Crippen LogP contribution in [0.3, 0.4) is 0 Å². The van der Waals surface area contributed by atoms with Gasteiger partial charge in [-0.15, -0.1) is 0 Å². The van der Waals surface area contributed by atoms with Crippen molar-refractivity contribution in [2.75, 3.05) is 39.8 Å². The normalized spacial score (nSPS) is 15.1. The van der Waals surface area contributed by atoms with Gasteiger partial charge in [0.15, 0.2) is 5.76 Å². The van der Waals surface area contributed by atoms with E-state index in [9.17, 15) is 9.59 Å². The summed E-state index contributed by atoms with van der Waals surface area (Å²) in [7, 11) is 1.61. The fraction of sp³-hybridized carbons (Fsp3) is 0.368. The number of furan rings is 1. The molecule has 1 saturated heterocycles. The highest BCUT2D eigenvalue weighted by Crippen LogP contribution is 2.14. The molecule has 0 radical (unpaired) electrons. The summed E-state index contributed by atoms with van der Waals surface area (Å²) in [4.78, 5) is 30.1. The van der Waals surface area contributed by atoms with Crippen LogP contribution in [0.4, 0.5) is 0 Å². The lowest BCUT2D eigenvalue weighted by molar-refractivity contribution is -0.133. The van der Waals surface area contributed by atoms with Crippen LogP contribution in [0.5, 0.6) is 0 Å². The molecule has 0 N–H and O–H groups in total. The van der Waals surface area contributed by atoms with Gasteiger partial charge in [0.25, 0.3) is 5.91 Å². The van der Waals surface area contributed by atoms with Gasteiger partial charge in [-0.2, -0.15) is 0 Å². The van der Waals surface area contributed by atoms with E-state index in [1.54, 1.807) is 24.1 Å². The Labute approximate surface area is 157 Å². The highest BCUT2D eigenvalue weighted by atomic mass is 35.5. The van der Waals surface area contributed by atoms with Gasteiger partial charge in [-0.1, -0.05) is 23.7 Å². The molecule has 138 valence electrons. The van der Waals surface area contributed by atoms with Crippen LogP contribution in [0, 0.1) is 0 Å². The standard InChI is InChI=1S/C19H22ClN3O3/c1-21(19(25)17-6-3-11-26-17)14-18(24)23-9-7-22(8-10-23)13-15-4-2-5-16(20)12-15/h2-6,11-12H,7-10,13-14H2,1H3. The van der Waals surface area contributed by atoms with Crippen LogP contribution in [-0.2, 0) is 11.3 Å². The van der Waals surface area contributed by atoms with Gasteiger partial charge in [-0.05, 0) is 29.8 Å². The van der Waals surface area contributed by atoms with Gasteiger partial charge in [0.05, 0.1) is 12.8 Å². The minimum Gasteiger partial charge on any atom is -0.459 e. The van der Waals surface area contributed by atoms with Gasteiger partial charge in [0.1, 0.15) is 0 Å². The summed E-state index contributed by atoms with van der Waals surface area (Å²) in [5, 5.41) is 0.737. The zero-order valence-electron chi connectivity index (χ0n) is 14.7. The van der Waals surface area contributed by atoms with E-state index < -0.39 is 0 Å². The Morgan fingerprint density at radius 1 is 1.15 bits per heavy atom. The Balaban J connectivity index is 1.46. The molecule has 0 unspecified atom stereocenters. The lowest BCUT2D eigenvalue weighted by Gasteiger charge is -2.35. The molecule has 1 aromatic heterocycles. The molecule has 3 rings (SSSR count). The Morgan fingerprint density at radius 2 is 1.92 bits per heavy atom. The van der Waals surface area contributed by atoms with Crippen molar-refractivity contribution >= 4 is 23.4 Å². The topological polar surface area (TPSA) is 57.0 Å². The summed E-state index contributed by atoms with van der Waals surface area (Å²) in [6, 6.07) is 11.1. The van der Waals surface area contributed by atoms with Crippen LogP contribution in [0.1, 0.15) is 16.1 Å². The fourth-order valence-corrected chi connectivity index (χ4v) is 3.22. The minimum absolute atomic E-state index is 0.0465. The van der Waals surface area contributed by atoms with E-state index >= 15 is 0 Å². The second-order valence-electron chi connectivity index (χ2n) is 6.43. The first kappa shape index (κ1) is 18.5. The van der Waals surface area contributed by atoms with E-state index in [2.05, 4.69) is 11.0 Å². The molecule has 0 aliphatic carbocycles. The van der Waals surface area contributed by atoms with E-state index in [-0.39, 0.29) is 24.1 Å². The summed E-state index contributed by atoms with van der Waals surface area (Å²) in [6.45, 7) is 3.78. The van der Waals surface area contributed by atoms with E-state index in [0.29, 0.717) is 13.1 Å². The highest BCUT2D eigenvalue weighted by molar-refractivity contribution is 6.30. The van der Waals surface area contributed by atoms with Gasteiger partial charge in [-0.25, -0.2) is 0 Å². The van der Waals surface area contributed by atoms with E-state index in [1.165, 1.54) is 16.7 Å². The van der Waals surface area contributed by atoms with Gasteiger partial charge < -0.3 is 14.2 Å². The lowest BCUT2D eigenvalue weighted by Crippen LogP contribution is -2.51. The van der Waals surface area contributed by atoms with Crippen LogP contribution in [-0.4, -0.2) is 66.3 Å². The van der Waals surface area contributed by atoms with Crippen molar-refractivity contribution in [1.82, 2.24) is 14.7 Å². The molecule has 2 aromatic rings. The molecule has 0 spiro atoms. The fourth-order valence-electron chi connectivity index (χ4n) is 3.01. The van der Waals surface area contributed by atoms with Crippen LogP contribution in [0.15, 0.2) is 47.1 Å². The monoisotopic (exact) mass is 375 g/mol. The molecule has 2 amide bonds. The van der Waals surface area contributed by atoms with Crippen LogP contribution >= 0.6 is 11.6 Å². The molecule has 1 aliphatic heterocycles. The molecule has 2 heterocycles. The molecule has 7 heteroatoms. The Hall–Kier alpha value is -2.31. The molecule has 1 fully saturated rings. The molecule has 0 bridgehead atoms. The number of carbonyl (C=O) groups is 2. The number of hydrogen-bond acceptors (Lipinski definition) is 4. The van der Waals surface area contributed by atoms with Gasteiger partial charge in [-0.3, -0.25) is 14.5 Å². The number of rotatable bonds is 5. The van der Waals surface area contributed by atoms with Gasteiger partial charge in [0, 0.05) is 44.8 Å². The van der Waals surface area contributed by atoms with Crippen molar-refractivity contribution in [2.24, 2.45) is 0 Å². The second-order valence-corrected chi connectivity index (χ2v) is 6.86. The van der Waals surface area contributed by atoms with E-state index in [4.69, 9.17) is 16.0 Å². The summed E-state index contributed by atoms with van der Waals surface area (Å²) >= 11 is 6.03. The number of carbonyl (C=O) groups excluding carboxylic acids is 2. The summed E-state index contributed by atoms with van der Waals surface area (Å²) < 4.78 is 5.09. The number of benzene rings is 1. The summed E-state index contributed by atoms with van der Waals surface area (Å²) in [6.07, 6.45) is 1.45. The molecule has 0 saturated carbocycles. The Kier molecular flexibility index (Phi) is 5.96. The second kappa shape index (κ2) is 8.38. The first-order chi connectivity index (χ1) is 12.5. The zero-order valence-corrected chi connectivity index (χ0v) is 15.5. The zero-order chi connectivity index (χ0) is 18.5. The van der Waals surface area contributed by atoms with Crippen molar-refractivity contribution in [3.63, 3.8) is 0 Å². The Morgan fingerprint density at radius 3 is 2.58 bits per heavy atom. The van der Waals surface area contributed by atoms with Crippen molar-refractivity contribution in [3.05, 3.63) is 59.0 Å². The number of hydrogen-bond donors (Lipinski definition) is 0. The lowest BCUT2D eigenvalue weighted by atomic mass is 10.2. The summed E-state index contributed by atoms with van der Waals surface area (Å²) in [5.41, 5.74) is 1.17. The maximum absolute atomic E-state index is 12.5. The molecular weight excluding hydrogens is 354 g/mol. The molecule has 26 heavy (non-hydrogen) atoms. The number of nitrogens with zero attached hydrogens (tertiary/aromatic N) is 3. The predicted octanol–water partition coefficient (Wildman–Crippen LogP) is 2.35. The maximum Gasteiger partial charge on any atom is 0.289 e. The third kappa shape index (κ3) is 4.65. The minimum atomic E-state index is -0.289. The first-order valence-corrected chi connectivity index (χ1v) is 8.94. The molecule has 1 aliphatic rings. The summed E-state index contributed by atoms with van der Waals surface area (Å²) in [5.74, 6) is -0.0932. The van der Waals surface area contributed by atoms with Crippen molar-refractivity contribution in [1.29, 1.82) is 0 Å². The van der Waals surface area contributed by atoms with Gasteiger partial charge in [0.2, 0.25) is 5.91 Å². The third-order valence-electron chi connectivity index (χ3n) is 4.47. The van der Waals surface area contributed by atoms with Crippen molar-refractivity contribution in [3.8, 4) is 0 Å². The maximum atomic E-state index is 12.5. The van der Waals surface area contributed by atoms with E-state index in [1.807, 2.05) is 18.2 Å². The molecular formula is C19H22ClN3O3. The predicted molar refractivity (Wildman–Crippen MR) is 99.0 cm³/mol. The number of likely N-dealkylation sites (N-methyl/N-ethyl adjacent to an activating group) is 1. The molecule has 0 atom stereocenters. The smallest absolute Gasteiger partial charge is 0.289 e. The van der Waals surface area contributed by atoms with Crippen LogP contribution < -0.4 is 0 Å². The quantitative estimate of drug-likeness (QED) is 0.805. The first-order valence-electron chi connectivity index (χ1n) is 8.56. The van der Waals surface area contributed by atoms with Crippen molar-refractivity contribution < 1.29 is 14.0 Å². The number of piperazine rings is 1. The number of halogens is 1. The average Bonchev–Trinajstić information content (AvgIpc) is 3.16. The third-order valence-corrected chi connectivity index (χ3v) is 4.71. The highest BCUT2D eigenvalue weighted by Gasteiger charge is 2.24. The SMILES string of the molecule is CN(CC(=O)N1CCN(Cc2cccc(Cl)c2)CC1)C(=O)c1ccco1. The van der Waals surface area contributed by atoms with Crippen molar-refractivity contribution in [2.45, 2.75) is 6.54 Å². The van der Waals surface area contributed by atoms with E-state index in [0.717, 1.165) is 24.7 Å². The number of amides is 2. The Bertz CT molecular complexity index is 755.